The Hall–Kier alpha value is -0.690. The molecule has 0 radical (unpaired) electrons. The highest BCUT2D eigenvalue weighted by Gasteiger charge is 2.41. The maximum Gasteiger partial charge on any atom is 0.309 e. The quantitative estimate of drug-likeness (QED) is 0.126. The molecule has 0 aliphatic heterocycles. The van der Waals surface area contributed by atoms with Crippen LogP contribution < -0.4 is 0 Å². The fourth-order valence-electron chi connectivity index (χ4n) is 4.61. The van der Waals surface area contributed by atoms with E-state index in [0.717, 1.165) is 19.3 Å². The fraction of sp³-hybridized carbons (Fsp3) is 0.962. The van der Waals surface area contributed by atoms with Gasteiger partial charge in [-0.3, -0.25) is 4.79 Å². The van der Waals surface area contributed by atoms with Gasteiger partial charge in [0.2, 0.25) is 0 Å². The first kappa shape index (κ1) is 31.3. The van der Waals surface area contributed by atoms with Crippen molar-refractivity contribution < 1.29 is 30.3 Å². The summed E-state index contributed by atoms with van der Waals surface area (Å²) >= 11 is 0. The van der Waals surface area contributed by atoms with Crippen LogP contribution in [0.1, 0.15) is 129 Å². The van der Waals surface area contributed by atoms with Crippen molar-refractivity contribution in [1.82, 2.24) is 0 Å². The molecular weight excluding hydrogens is 408 g/mol. The summed E-state index contributed by atoms with van der Waals surface area (Å²) in [5.74, 6) is -1.08. The molecule has 0 fully saturated rings. The van der Waals surface area contributed by atoms with Crippen molar-refractivity contribution in [2.45, 2.75) is 141 Å². The Morgan fingerprint density at radius 1 is 0.625 bits per heavy atom. The highest BCUT2D eigenvalue weighted by Crippen LogP contribution is 2.36. The Kier molecular flexibility index (Phi) is 20.4. The summed E-state index contributed by atoms with van der Waals surface area (Å²) < 4.78 is 0. The third kappa shape index (κ3) is 16.0. The van der Waals surface area contributed by atoms with Crippen LogP contribution in [0.2, 0.25) is 0 Å². The van der Waals surface area contributed by atoms with Crippen LogP contribution in [0.4, 0.5) is 0 Å². The van der Waals surface area contributed by atoms with Crippen LogP contribution in [0, 0.1) is 5.41 Å². The van der Waals surface area contributed by atoms with Crippen LogP contribution in [0.25, 0.3) is 0 Å². The number of aliphatic hydroxyl groups excluding tert-OH is 4. The smallest absolute Gasteiger partial charge is 0.309 e. The predicted octanol–water partition coefficient (Wildman–Crippen LogP) is 5.20. The number of hydrogen-bond donors (Lipinski definition) is 5. The number of rotatable bonds is 24. The second kappa shape index (κ2) is 20.9. The monoisotopic (exact) mass is 460 g/mol. The van der Waals surface area contributed by atoms with E-state index in [1.54, 1.807) is 0 Å². The number of carboxylic acid groups (broad SMARTS) is 1. The van der Waals surface area contributed by atoms with Gasteiger partial charge in [-0.05, 0) is 19.3 Å². The van der Waals surface area contributed by atoms with E-state index in [9.17, 15) is 20.1 Å². The number of aliphatic hydroxyl groups is 4. The average Bonchev–Trinajstić information content (AvgIpc) is 2.78. The minimum Gasteiger partial charge on any atom is -0.481 e. The van der Waals surface area contributed by atoms with Gasteiger partial charge in [-0.25, -0.2) is 0 Å². The number of aliphatic carboxylic acids is 1. The maximum absolute atomic E-state index is 11.9. The van der Waals surface area contributed by atoms with Crippen molar-refractivity contribution in [3.05, 3.63) is 0 Å². The van der Waals surface area contributed by atoms with Crippen LogP contribution >= 0.6 is 0 Å². The fourth-order valence-corrected chi connectivity index (χ4v) is 4.61. The molecule has 0 heterocycles. The van der Waals surface area contributed by atoms with Crippen molar-refractivity contribution >= 4 is 5.97 Å². The summed E-state index contributed by atoms with van der Waals surface area (Å²) in [6.45, 7) is 1.23. The number of hydrogen-bond acceptors (Lipinski definition) is 5. The number of unbranched alkanes of at least 4 members (excludes halogenated alkanes) is 15. The molecule has 0 saturated heterocycles. The standard InChI is InChI=1S/C26H52O6/c1-2-3-4-5-6-7-8-9-10-11-12-13-14-15-16-17-18-26(25(31)32,19-23(29)21-27)20-24(30)22-28/h23-24,27-30H,2-22H2,1H3,(H,31,32). The van der Waals surface area contributed by atoms with Crippen molar-refractivity contribution in [2.75, 3.05) is 13.2 Å². The maximum atomic E-state index is 11.9. The minimum absolute atomic E-state index is 0.116. The van der Waals surface area contributed by atoms with Crippen molar-refractivity contribution in [3.8, 4) is 0 Å². The van der Waals surface area contributed by atoms with Gasteiger partial charge in [-0.15, -0.1) is 0 Å². The van der Waals surface area contributed by atoms with E-state index in [0.29, 0.717) is 12.8 Å². The van der Waals surface area contributed by atoms with Gasteiger partial charge < -0.3 is 25.5 Å². The lowest BCUT2D eigenvalue weighted by molar-refractivity contribution is -0.155. The van der Waals surface area contributed by atoms with Crippen LogP contribution in [-0.2, 0) is 4.79 Å². The molecule has 2 unspecified atom stereocenters. The van der Waals surface area contributed by atoms with Gasteiger partial charge in [-0.2, -0.15) is 0 Å². The highest BCUT2D eigenvalue weighted by molar-refractivity contribution is 5.74. The Bertz CT molecular complexity index is 417. The molecule has 32 heavy (non-hydrogen) atoms. The summed E-state index contributed by atoms with van der Waals surface area (Å²) in [6, 6.07) is 0. The number of carbonyl (C=O) groups is 1. The van der Waals surface area contributed by atoms with Crippen molar-refractivity contribution in [3.63, 3.8) is 0 Å². The molecule has 0 aliphatic rings. The molecule has 0 aliphatic carbocycles. The van der Waals surface area contributed by atoms with E-state index in [-0.39, 0.29) is 12.8 Å². The highest BCUT2D eigenvalue weighted by atomic mass is 16.4. The van der Waals surface area contributed by atoms with E-state index in [2.05, 4.69) is 6.92 Å². The van der Waals surface area contributed by atoms with Gasteiger partial charge in [0.1, 0.15) is 0 Å². The zero-order valence-electron chi connectivity index (χ0n) is 20.6. The topological polar surface area (TPSA) is 118 Å². The Morgan fingerprint density at radius 2 is 0.938 bits per heavy atom. The van der Waals surface area contributed by atoms with Crippen LogP contribution in [0.5, 0.6) is 0 Å². The van der Waals surface area contributed by atoms with E-state index in [1.165, 1.54) is 77.0 Å². The van der Waals surface area contributed by atoms with Crippen molar-refractivity contribution in [1.29, 1.82) is 0 Å². The van der Waals surface area contributed by atoms with E-state index < -0.39 is 36.8 Å². The average molecular weight is 461 g/mol. The summed E-state index contributed by atoms with van der Waals surface area (Å²) in [5, 5.41) is 47.6. The minimum atomic E-state index is -1.32. The van der Waals surface area contributed by atoms with Crippen molar-refractivity contribution in [2.24, 2.45) is 5.41 Å². The zero-order chi connectivity index (χ0) is 24.1. The molecule has 0 spiro atoms. The molecule has 6 nitrogen and oxygen atoms in total. The van der Waals surface area contributed by atoms with E-state index in [1.807, 2.05) is 0 Å². The van der Waals surface area contributed by atoms with Gasteiger partial charge in [0.25, 0.3) is 0 Å². The lowest BCUT2D eigenvalue weighted by atomic mass is 9.73. The van der Waals surface area contributed by atoms with Gasteiger partial charge in [0, 0.05) is 0 Å². The van der Waals surface area contributed by atoms with E-state index >= 15 is 0 Å². The first-order chi connectivity index (χ1) is 15.4. The Balaban J connectivity index is 3.90. The molecule has 0 aromatic rings. The first-order valence-corrected chi connectivity index (χ1v) is 13.2. The molecule has 2 atom stereocenters. The second-order valence-electron chi connectivity index (χ2n) is 9.72. The summed E-state index contributed by atoms with van der Waals surface area (Å²) in [7, 11) is 0. The molecule has 0 bridgehead atoms. The molecule has 0 aromatic heterocycles. The lowest BCUT2D eigenvalue weighted by Gasteiger charge is -2.32. The summed E-state index contributed by atoms with van der Waals surface area (Å²) in [5.41, 5.74) is -1.32. The van der Waals surface area contributed by atoms with Crippen LogP contribution in [0.3, 0.4) is 0 Å². The van der Waals surface area contributed by atoms with Crippen LogP contribution in [0.15, 0.2) is 0 Å². The molecule has 5 N–H and O–H groups in total. The first-order valence-electron chi connectivity index (χ1n) is 13.2. The molecule has 0 aromatic carbocycles. The molecule has 6 heteroatoms. The molecule has 0 saturated carbocycles. The predicted molar refractivity (Wildman–Crippen MR) is 130 cm³/mol. The van der Waals surface area contributed by atoms with E-state index in [4.69, 9.17) is 10.2 Å². The van der Waals surface area contributed by atoms with Gasteiger partial charge >= 0.3 is 5.97 Å². The molecule has 0 rings (SSSR count). The summed E-state index contributed by atoms with van der Waals surface area (Å²) in [6.07, 6.45) is 17.7. The lowest BCUT2D eigenvalue weighted by Crippen LogP contribution is -2.39. The largest absolute Gasteiger partial charge is 0.481 e. The van der Waals surface area contributed by atoms with Crippen LogP contribution in [-0.4, -0.2) is 56.9 Å². The normalized spacial score (nSPS) is 15.4. The third-order valence-corrected chi connectivity index (χ3v) is 6.64. The summed E-state index contributed by atoms with van der Waals surface area (Å²) in [4.78, 5) is 11.9. The Labute approximate surface area is 196 Å². The van der Waals surface area contributed by atoms with Gasteiger partial charge in [0.15, 0.2) is 0 Å². The van der Waals surface area contributed by atoms with Gasteiger partial charge in [0.05, 0.1) is 30.8 Å². The zero-order valence-corrected chi connectivity index (χ0v) is 20.6. The van der Waals surface area contributed by atoms with Gasteiger partial charge in [-0.1, -0.05) is 110 Å². The third-order valence-electron chi connectivity index (χ3n) is 6.64. The molecule has 0 amide bonds. The second-order valence-corrected chi connectivity index (χ2v) is 9.72. The Morgan fingerprint density at radius 3 is 1.22 bits per heavy atom. The molecule has 192 valence electrons. The SMILES string of the molecule is CCCCCCCCCCCCCCCCCCC(CC(O)CO)(CC(O)CO)C(=O)O. The number of carboxylic acids is 1. The molecular formula is C26H52O6.